The summed E-state index contributed by atoms with van der Waals surface area (Å²) in [6.45, 7) is 8.84. The lowest BCUT2D eigenvalue weighted by molar-refractivity contribution is -0.149. The molecular weight excluding hydrogens is 190 g/mol. The first-order valence-corrected chi connectivity index (χ1v) is 5.86. The van der Waals surface area contributed by atoms with Crippen LogP contribution in [0.4, 0.5) is 0 Å². The number of carbonyl (C=O) groups excluding carboxylic acids is 1. The van der Waals surface area contributed by atoms with Crippen molar-refractivity contribution in [3.8, 4) is 0 Å². The Bertz CT molecular complexity index is 202. The Morgan fingerprint density at radius 2 is 2.20 bits per heavy atom. The van der Waals surface area contributed by atoms with E-state index < -0.39 is 0 Å². The summed E-state index contributed by atoms with van der Waals surface area (Å²) < 4.78 is 5.28. The van der Waals surface area contributed by atoms with Crippen LogP contribution in [0.2, 0.25) is 0 Å². The molecule has 15 heavy (non-hydrogen) atoms. The van der Waals surface area contributed by atoms with Crippen LogP contribution in [0.5, 0.6) is 0 Å². The quantitative estimate of drug-likeness (QED) is 0.728. The number of piperidine rings is 1. The van der Waals surface area contributed by atoms with E-state index in [1.54, 1.807) is 0 Å². The Kier molecular flexibility index (Phi) is 4.58. The maximum atomic E-state index is 11.6. The number of hydrogen-bond acceptors (Lipinski definition) is 3. The third-order valence-electron chi connectivity index (χ3n) is 2.73. The second-order valence-corrected chi connectivity index (χ2v) is 5.52. The standard InChI is InChI=1S/C12H23NO2/c1-12(2,3)6-8-15-11(14)10-5-4-7-13-9-10/h10,13H,4-9H2,1-3H3/t10-/m1/s1. The molecule has 0 aromatic rings. The van der Waals surface area contributed by atoms with E-state index in [1.807, 2.05) is 0 Å². The van der Waals surface area contributed by atoms with E-state index in [-0.39, 0.29) is 17.3 Å². The minimum absolute atomic E-state index is 0.0218. The first kappa shape index (κ1) is 12.5. The predicted molar refractivity (Wildman–Crippen MR) is 60.6 cm³/mol. The minimum Gasteiger partial charge on any atom is -0.465 e. The Morgan fingerprint density at radius 3 is 2.73 bits per heavy atom. The van der Waals surface area contributed by atoms with Gasteiger partial charge in [-0.2, -0.15) is 0 Å². The average molecular weight is 213 g/mol. The van der Waals surface area contributed by atoms with Crippen LogP contribution in [0, 0.1) is 11.3 Å². The summed E-state index contributed by atoms with van der Waals surface area (Å²) >= 11 is 0. The molecule has 1 aliphatic rings. The minimum atomic E-state index is -0.0218. The molecule has 0 unspecified atom stereocenters. The molecule has 0 aromatic carbocycles. The van der Waals surface area contributed by atoms with Gasteiger partial charge in [-0.15, -0.1) is 0 Å². The Hall–Kier alpha value is -0.570. The van der Waals surface area contributed by atoms with Crippen molar-refractivity contribution in [1.29, 1.82) is 0 Å². The molecule has 0 amide bonds. The number of ether oxygens (including phenoxy) is 1. The predicted octanol–water partition coefficient (Wildman–Crippen LogP) is 1.97. The second-order valence-electron chi connectivity index (χ2n) is 5.52. The van der Waals surface area contributed by atoms with Gasteiger partial charge in [-0.05, 0) is 31.2 Å². The van der Waals surface area contributed by atoms with Crippen molar-refractivity contribution in [2.24, 2.45) is 11.3 Å². The van der Waals surface area contributed by atoms with Gasteiger partial charge in [0.2, 0.25) is 0 Å². The van der Waals surface area contributed by atoms with Crippen LogP contribution in [0.15, 0.2) is 0 Å². The maximum absolute atomic E-state index is 11.6. The SMILES string of the molecule is CC(C)(C)CCOC(=O)[C@@H]1CCCNC1. The maximum Gasteiger partial charge on any atom is 0.310 e. The zero-order valence-electron chi connectivity index (χ0n) is 10.1. The lowest BCUT2D eigenvalue weighted by atomic mass is 9.93. The molecule has 1 fully saturated rings. The van der Waals surface area contributed by atoms with Crippen LogP contribution in [-0.2, 0) is 9.53 Å². The lowest BCUT2D eigenvalue weighted by Gasteiger charge is -2.22. The zero-order chi connectivity index (χ0) is 11.3. The molecule has 0 aromatic heterocycles. The summed E-state index contributed by atoms with van der Waals surface area (Å²) in [5.41, 5.74) is 0.241. The van der Waals surface area contributed by atoms with Crippen molar-refractivity contribution < 1.29 is 9.53 Å². The lowest BCUT2D eigenvalue weighted by Crippen LogP contribution is -2.35. The monoisotopic (exact) mass is 213 g/mol. The van der Waals surface area contributed by atoms with Gasteiger partial charge in [-0.1, -0.05) is 20.8 Å². The molecule has 1 aliphatic heterocycles. The highest BCUT2D eigenvalue weighted by atomic mass is 16.5. The summed E-state index contributed by atoms with van der Waals surface area (Å²) in [7, 11) is 0. The topological polar surface area (TPSA) is 38.3 Å². The van der Waals surface area contributed by atoms with Gasteiger partial charge in [0.15, 0.2) is 0 Å². The molecule has 3 nitrogen and oxygen atoms in total. The number of carbonyl (C=O) groups is 1. The molecule has 1 rings (SSSR count). The van der Waals surface area contributed by atoms with Gasteiger partial charge in [-0.25, -0.2) is 0 Å². The van der Waals surface area contributed by atoms with E-state index in [9.17, 15) is 4.79 Å². The molecule has 0 spiro atoms. The summed E-state index contributed by atoms with van der Waals surface area (Å²) in [5, 5.41) is 3.22. The van der Waals surface area contributed by atoms with E-state index in [2.05, 4.69) is 26.1 Å². The van der Waals surface area contributed by atoms with Gasteiger partial charge >= 0.3 is 5.97 Å². The van der Waals surface area contributed by atoms with Gasteiger partial charge in [0, 0.05) is 6.54 Å². The smallest absolute Gasteiger partial charge is 0.310 e. The fraction of sp³-hybridized carbons (Fsp3) is 0.917. The number of hydrogen-bond donors (Lipinski definition) is 1. The van der Waals surface area contributed by atoms with Gasteiger partial charge in [0.05, 0.1) is 12.5 Å². The molecule has 0 saturated carbocycles. The van der Waals surface area contributed by atoms with Crippen molar-refractivity contribution in [3.05, 3.63) is 0 Å². The Labute approximate surface area is 92.6 Å². The summed E-state index contributed by atoms with van der Waals surface area (Å²) in [6.07, 6.45) is 2.99. The molecule has 1 saturated heterocycles. The summed E-state index contributed by atoms with van der Waals surface area (Å²) in [5.74, 6) is 0.0603. The van der Waals surface area contributed by atoms with E-state index in [0.717, 1.165) is 32.4 Å². The zero-order valence-corrected chi connectivity index (χ0v) is 10.1. The highest BCUT2D eigenvalue weighted by molar-refractivity contribution is 5.72. The molecule has 3 heteroatoms. The van der Waals surface area contributed by atoms with Crippen LogP contribution >= 0.6 is 0 Å². The van der Waals surface area contributed by atoms with Gasteiger partial charge < -0.3 is 10.1 Å². The van der Waals surface area contributed by atoms with E-state index in [0.29, 0.717) is 6.61 Å². The highest BCUT2D eigenvalue weighted by Gasteiger charge is 2.22. The van der Waals surface area contributed by atoms with Crippen molar-refractivity contribution >= 4 is 5.97 Å². The fourth-order valence-corrected chi connectivity index (χ4v) is 1.63. The largest absolute Gasteiger partial charge is 0.465 e. The molecule has 1 N–H and O–H groups in total. The Balaban J connectivity index is 2.17. The molecule has 0 aliphatic carbocycles. The summed E-state index contributed by atoms with van der Waals surface area (Å²) in [4.78, 5) is 11.6. The molecular formula is C12H23NO2. The van der Waals surface area contributed by atoms with Crippen LogP contribution in [-0.4, -0.2) is 25.7 Å². The first-order valence-electron chi connectivity index (χ1n) is 5.86. The van der Waals surface area contributed by atoms with Gasteiger partial charge in [0.1, 0.15) is 0 Å². The van der Waals surface area contributed by atoms with Crippen molar-refractivity contribution in [2.45, 2.75) is 40.0 Å². The normalized spacial score (nSPS) is 22.5. The van der Waals surface area contributed by atoms with E-state index in [1.165, 1.54) is 0 Å². The second kappa shape index (κ2) is 5.50. The molecule has 0 bridgehead atoms. The van der Waals surface area contributed by atoms with Crippen molar-refractivity contribution in [2.75, 3.05) is 19.7 Å². The third kappa shape index (κ3) is 5.17. The van der Waals surface area contributed by atoms with Gasteiger partial charge in [-0.3, -0.25) is 4.79 Å². The molecule has 1 heterocycles. The van der Waals surface area contributed by atoms with Crippen molar-refractivity contribution in [3.63, 3.8) is 0 Å². The van der Waals surface area contributed by atoms with Crippen LogP contribution in [0.1, 0.15) is 40.0 Å². The van der Waals surface area contributed by atoms with Crippen LogP contribution < -0.4 is 5.32 Å². The molecule has 0 radical (unpaired) electrons. The fourth-order valence-electron chi connectivity index (χ4n) is 1.63. The van der Waals surface area contributed by atoms with Gasteiger partial charge in [0.25, 0.3) is 0 Å². The molecule has 88 valence electrons. The van der Waals surface area contributed by atoms with Crippen LogP contribution in [0.25, 0.3) is 0 Å². The number of rotatable bonds is 3. The van der Waals surface area contributed by atoms with E-state index in [4.69, 9.17) is 4.74 Å². The highest BCUT2D eigenvalue weighted by Crippen LogP contribution is 2.19. The van der Waals surface area contributed by atoms with Crippen LogP contribution in [0.3, 0.4) is 0 Å². The van der Waals surface area contributed by atoms with Crippen molar-refractivity contribution in [1.82, 2.24) is 5.32 Å². The average Bonchev–Trinajstić information content (AvgIpc) is 2.17. The Morgan fingerprint density at radius 1 is 1.47 bits per heavy atom. The molecule has 1 atom stereocenters. The number of nitrogens with one attached hydrogen (secondary N) is 1. The first-order chi connectivity index (χ1) is 6.99. The summed E-state index contributed by atoms with van der Waals surface area (Å²) in [6, 6.07) is 0. The number of esters is 1. The van der Waals surface area contributed by atoms with E-state index >= 15 is 0 Å². The third-order valence-corrected chi connectivity index (χ3v) is 2.73.